The van der Waals surface area contributed by atoms with E-state index in [0.717, 1.165) is 5.56 Å². The average Bonchev–Trinajstić information content (AvgIpc) is 2.55. The summed E-state index contributed by atoms with van der Waals surface area (Å²) < 4.78 is 24.1. The second-order valence-corrected chi connectivity index (χ2v) is 7.29. The number of sulfone groups is 1. The van der Waals surface area contributed by atoms with Gasteiger partial charge in [-0.1, -0.05) is 54.6 Å². The first-order valence-corrected chi connectivity index (χ1v) is 8.92. The first-order chi connectivity index (χ1) is 11.0. The molecule has 1 unspecified atom stereocenters. The van der Waals surface area contributed by atoms with Crippen molar-refractivity contribution in [2.45, 2.75) is 6.10 Å². The Morgan fingerprint density at radius 3 is 2.35 bits per heavy atom. The molecular weight excluding hydrogens is 310 g/mol. The fourth-order valence-corrected chi connectivity index (χ4v) is 3.28. The SMILES string of the molecule is N#Cc1ccc(C(O)CS(=O)(=O)C/C=C/c2ccccc2)cc1. The first-order valence-electron chi connectivity index (χ1n) is 7.10. The van der Waals surface area contributed by atoms with Crippen molar-refractivity contribution in [2.75, 3.05) is 11.5 Å². The highest BCUT2D eigenvalue weighted by Gasteiger charge is 2.17. The number of hydrogen-bond donors (Lipinski definition) is 1. The van der Waals surface area contributed by atoms with E-state index in [-0.39, 0.29) is 11.5 Å². The van der Waals surface area contributed by atoms with Crippen molar-refractivity contribution in [3.8, 4) is 6.07 Å². The van der Waals surface area contributed by atoms with E-state index >= 15 is 0 Å². The lowest BCUT2D eigenvalue weighted by Crippen LogP contribution is -2.16. The molecule has 0 amide bonds. The van der Waals surface area contributed by atoms with Gasteiger partial charge < -0.3 is 5.11 Å². The zero-order chi connectivity index (χ0) is 16.7. The zero-order valence-electron chi connectivity index (χ0n) is 12.5. The minimum Gasteiger partial charge on any atom is -0.387 e. The van der Waals surface area contributed by atoms with Crippen LogP contribution >= 0.6 is 0 Å². The molecule has 0 fully saturated rings. The number of rotatable bonds is 6. The lowest BCUT2D eigenvalue weighted by atomic mass is 10.1. The van der Waals surface area contributed by atoms with Crippen LogP contribution in [-0.2, 0) is 9.84 Å². The van der Waals surface area contributed by atoms with Crippen molar-refractivity contribution >= 4 is 15.9 Å². The molecule has 0 radical (unpaired) electrons. The van der Waals surface area contributed by atoms with E-state index in [2.05, 4.69) is 0 Å². The van der Waals surface area contributed by atoms with Crippen LogP contribution in [0.15, 0.2) is 60.7 Å². The highest BCUT2D eigenvalue weighted by atomic mass is 32.2. The van der Waals surface area contributed by atoms with Gasteiger partial charge in [0.1, 0.15) is 0 Å². The molecule has 2 aromatic rings. The molecule has 0 aliphatic rings. The molecule has 0 spiro atoms. The summed E-state index contributed by atoms with van der Waals surface area (Å²) in [5.41, 5.74) is 1.88. The molecule has 0 aliphatic carbocycles. The van der Waals surface area contributed by atoms with Crippen LogP contribution in [0.5, 0.6) is 0 Å². The van der Waals surface area contributed by atoms with Crippen LogP contribution in [0.4, 0.5) is 0 Å². The number of benzene rings is 2. The third-order valence-electron chi connectivity index (χ3n) is 3.30. The second-order valence-electron chi connectivity index (χ2n) is 5.14. The van der Waals surface area contributed by atoms with Crippen LogP contribution in [0.2, 0.25) is 0 Å². The number of aliphatic hydroxyl groups excluding tert-OH is 1. The summed E-state index contributed by atoms with van der Waals surface area (Å²) >= 11 is 0. The van der Waals surface area contributed by atoms with Crippen LogP contribution in [0.3, 0.4) is 0 Å². The molecular formula is C18H17NO3S. The van der Waals surface area contributed by atoms with E-state index in [4.69, 9.17) is 5.26 Å². The fraction of sp³-hybridized carbons (Fsp3) is 0.167. The topological polar surface area (TPSA) is 78.2 Å². The molecule has 118 valence electrons. The minimum atomic E-state index is -3.42. The maximum absolute atomic E-state index is 12.1. The Morgan fingerprint density at radius 2 is 1.74 bits per heavy atom. The van der Waals surface area contributed by atoms with E-state index in [1.807, 2.05) is 36.4 Å². The molecule has 0 saturated carbocycles. The van der Waals surface area contributed by atoms with Crippen LogP contribution in [-0.4, -0.2) is 25.0 Å². The molecule has 1 atom stereocenters. The van der Waals surface area contributed by atoms with Crippen molar-refractivity contribution in [1.29, 1.82) is 5.26 Å². The third kappa shape index (κ3) is 5.37. The highest BCUT2D eigenvalue weighted by Crippen LogP contribution is 2.16. The van der Waals surface area contributed by atoms with Gasteiger partial charge in [-0.15, -0.1) is 0 Å². The molecule has 23 heavy (non-hydrogen) atoms. The van der Waals surface area contributed by atoms with Crippen molar-refractivity contribution in [2.24, 2.45) is 0 Å². The van der Waals surface area contributed by atoms with Crippen molar-refractivity contribution in [3.05, 3.63) is 77.4 Å². The lowest BCUT2D eigenvalue weighted by Gasteiger charge is -2.10. The van der Waals surface area contributed by atoms with Gasteiger partial charge in [-0.25, -0.2) is 8.42 Å². The molecule has 2 aromatic carbocycles. The number of hydrogen-bond acceptors (Lipinski definition) is 4. The molecule has 1 N–H and O–H groups in total. The lowest BCUT2D eigenvalue weighted by molar-refractivity contribution is 0.202. The van der Waals surface area contributed by atoms with E-state index in [1.54, 1.807) is 36.4 Å². The van der Waals surface area contributed by atoms with Crippen molar-refractivity contribution in [1.82, 2.24) is 0 Å². The Morgan fingerprint density at radius 1 is 1.09 bits per heavy atom. The molecule has 0 aromatic heterocycles. The number of nitriles is 1. The average molecular weight is 327 g/mol. The quantitative estimate of drug-likeness (QED) is 0.885. The molecule has 0 aliphatic heterocycles. The van der Waals surface area contributed by atoms with Gasteiger partial charge in [-0.2, -0.15) is 5.26 Å². The summed E-state index contributed by atoms with van der Waals surface area (Å²) in [6, 6.07) is 17.6. The summed E-state index contributed by atoms with van der Waals surface area (Å²) in [7, 11) is -3.42. The van der Waals surface area contributed by atoms with Gasteiger partial charge in [-0.05, 0) is 23.3 Å². The monoisotopic (exact) mass is 327 g/mol. The van der Waals surface area contributed by atoms with E-state index in [9.17, 15) is 13.5 Å². The Kier molecular flexibility index (Phi) is 5.69. The molecule has 0 heterocycles. The predicted molar refractivity (Wildman–Crippen MR) is 90.2 cm³/mol. The Balaban J connectivity index is 1.97. The van der Waals surface area contributed by atoms with Gasteiger partial charge in [0.2, 0.25) is 0 Å². The third-order valence-corrected chi connectivity index (χ3v) is 4.82. The second kappa shape index (κ2) is 7.73. The van der Waals surface area contributed by atoms with Crippen molar-refractivity contribution in [3.63, 3.8) is 0 Å². The van der Waals surface area contributed by atoms with Crippen LogP contribution in [0.25, 0.3) is 6.08 Å². The van der Waals surface area contributed by atoms with Gasteiger partial charge in [0, 0.05) is 0 Å². The maximum Gasteiger partial charge on any atom is 0.156 e. The Bertz CT molecular complexity index is 804. The number of aliphatic hydroxyl groups is 1. The molecule has 0 saturated heterocycles. The molecule has 0 bridgehead atoms. The Hall–Kier alpha value is -2.42. The predicted octanol–water partition coefficient (Wildman–Crippen LogP) is 2.72. The minimum absolute atomic E-state index is 0.130. The maximum atomic E-state index is 12.1. The summed E-state index contributed by atoms with van der Waals surface area (Å²) in [6.07, 6.45) is 2.22. The van der Waals surface area contributed by atoms with E-state index < -0.39 is 15.9 Å². The van der Waals surface area contributed by atoms with E-state index in [0.29, 0.717) is 11.1 Å². The van der Waals surface area contributed by atoms with Crippen molar-refractivity contribution < 1.29 is 13.5 Å². The van der Waals surface area contributed by atoms with Gasteiger partial charge >= 0.3 is 0 Å². The van der Waals surface area contributed by atoms with Gasteiger partial charge in [0.15, 0.2) is 9.84 Å². The Labute approximate surface area is 136 Å². The highest BCUT2D eigenvalue weighted by molar-refractivity contribution is 7.91. The molecule has 2 rings (SSSR count). The summed E-state index contributed by atoms with van der Waals surface area (Å²) in [6.45, 7) is 0. The fourth-order valence-electron chi connectivity index (χ4n) is 2.08. The van der Waals surface area contributed by atoms with Gasteiger partial charge in [-0.3, -0.25) is 0 Å². The standard InChI is InChI=1S/C18H17NO3S/c19-13-16-8-10-17(11-9-16)18(20)14-23(21,22)12-4-7-15-5-2-1-3-6-15/h1-11,18,20H,12,14H2/b7-4+. The smallest absolute Gasteiger partial charge is 0.156 e. The summed E-state index contributed by atoms with van der Waals surface area (Å²) in [5, 5.41) is 18.8. The molecule has 5 heteroatoms. The van der Waals surface area contributed by atoms with Gasteiger partial charge in [0.25, 0.3) is 0 Å². The largest absolute Gasteiger partial charge is 0.387 e. The van der Waals surface area contributed by atoms with Crippen LogP contribution < -0.4 is 0 Å². The summed E-state index contributed by atoms with van der Waals surface area (Å²) in [4.78, 5) is 0. The first kappa shape index (κ1) is 16.9. The van der Waals surface area contributed by atoms with Crippen LogP contribution in [0.1, 0.15) is 22.8 Å². The van der Waals surface area contributed by atoms with Crippen LogP contribution in [0, 0.1) is 11.3 Å². The summed E-state index contributed by atoms with van der Waals surface area (Å²) in [5.74, 6) is -0.479. The van der Waals surface area contributed by atoms with Gasteiger partial charge in [0.05, 0.1) is 29.2 Å². The number of nitrogens with zero attached hydrogens (tertiary/aromatic N) is 1. The van der Waals surface area contributed by atoms with E-state index in [1.165, 1.54) is 0 Å². The normalized spacial score (nSPS) is 12.9. The molecule has 4 nitrogen and oxygen atoms in total. The zero-order valence-corrected chi connectivity index (χ0v) is 13.3.